The van der Waals surface area contributed by atoms with E-state index in [0.717, 1.165) is 50.0 Å². The molecule has 2 aromatic rings. The molecule has 0 saturated carbocycles. The fourth-order valence-electron chi connectivity index (χ4n) is 2.69. The third-order valence-electron chi connectivity index (χ3n) is 4.22. The van der Waals surface area contributed by atoms with Gasteiger partial charge in [-0.2, -0.15) is 5.26 Å². The van der Waals surface area contributed by atoms with Crippen LogP contribution < -0.4 is 0 Å². The molecule has 0 aliphatic heterocycles. The Morgan fingerprint density at radius 2 is 1.81 bits per heavy atom. The Balaban J connectivity index is 2.19. The largest absolute Gasteiger partial charge is 0.509 e. The van der Waals surface area contributed by atoms with Crippen LogP contribution in [0.4, 0.5) is 0 Å². The number of nitriles is 1. The van der Waals surface area contributed by atoms with Crippen LogP contribution in [0.25, 0.3) is 16.8 Å². The van der Waals surface area contributed by atoms with E-state index in [9.17, 15) is 10.4 Å². The van der Waals surface area contributed by atoms with E-state index in [1.54, 1.807) is 0 Å². The summed E-state index contributed by atoms with van der Waals surface area (Å²) in [4.78, 5) is 6.79. The number of aliphatic hydroxyl groups is 1. The maximum absolute atomic E-state index is 10.6. The standard InChI is InChI=1S/C21H27N3OS/c1-3-5-12-24(13-6-4-2)15-20(25)18(14-22)21-23-19(16-26-21)17-10-8-7-9-11-17/h7-11,16,25H,3-6,12-13,15H2,1-2H3. The van der Waals surface area contributed by atoms with Gasteiger partial charge in [0.2, 0.25) is 0 Å². The average Bonchev–Trinajstić information content (AvgIpc) is 3.15. The first-order valence-electron chi connectivity index (χ1n) is 9.25. The summed E-state index contributed by atoms with van der Waals surface area (Å²) in [5, 5.41) is 22.7. The molecule has 0 amide bonds. The summed E-state index contributed by atoms with van der Waals surface area (Å²) in [6.45, 7) is 6.60. The first kappa shape index (κ1) is 20.2. The average molecular weight is 370 g/mol. The van der Waals surface area contributed by atoms with Crippen LogP contribution in [-0.4, -0.2) is 34.6 Å². The van der Waals surface area contributed by atoms with E-state index < -0.39 is 0 Å². The van der Waals surface area contributed by atoms with Crippen molar-refractivity contribution in [2.24, 2.45) is 0 Å². The number of aliphatic hydroxyl groups excluding tert-OH is 1. The molecular formula is C21H27N3OS. The number of hydrogen-bond acceptors (Lipinski definition) is 5. The lowest BCUT2D eigenvalue weighted by atomic mass is 10.2. The SMILES string of the molecule is CCCCN(CCCC)CC(O)=C(C#N)c1nc(-c2ccccc2)cs1. The molecule has 0 saturated heterocycles. The van der Waals surface area contributed by atoms with Crippen molar-refractivity contribution in [2.45, 2.75) is 39.5 Å². The van der Waals surface area contributed by atoms with Crippen molar-refractivity contribution in [3.05, 3.63) is 46.5 Å². The van der Waals surface area contributed by atoms with E-state index in [1.165, 1.54) is 11.3 Å². The predicted octanol–water partition coefficient (Wildman–Crippen LogP) is 5.50. The van der Waals surface area contributed by atoms with Gasteiger partial charge < -0.3 is 5.11 Å². The van der Waals surface area contributed by atoms with E-state index in [4.69, 9.17) is 0 Å². The Labute approximate surface area is 160 Å². The predicted molar refractivity (Wildman–Crippen MR) is 109 cm³/mol. The summed E-state index contributed by atoms with van der Waals surface area (Å²) >= 11 is 1.40. The van der Waals surface area contributed by atoms with Crippen molar-refractivity contribution < 1.29 is 5.11 Å². The number of aromatic nitrogens is 1. The first-order valence-corrected chi connectivity index (χ1v) is 10.1. The second-order valence-corrected chi connectivity index (χ2v) is 7.18. The number of benzene rings is 1. The highest BCUT2D eigenvalue weighted by Gasteiger charge is 2.16. The van der Waals surface area contributed by atoms with Crippen LogP contribution in [0.15, 0.2) is 41.5 Å². The van der Waals surface area contributed by atoms with Crippen LogP contribution in [0, 0.1) is 11.3 Å². The number of hydrogen-bond donors (Lipinski definition) is 1. The zero-order valence-corrected chi connectivity index (χ0v) is 16.4. The quantitative estimate of drug-likeness (QED) is 0.443. The van der Waals surface area contributed by atoms with Gasteiger partial charge in [-0.1, -0.05) is 57.0 Å². The van der Waals surface area contributed by atoms with Gasteiger partial charge in [-0.25, -0.2) is 4.98 Å². The molecule has 0 radical (unpaired) electrons. The van der Waals surface area contributed by atoms with Crippen molar-refractivity contribution in [2.75, 3.05) is 19.6 Å². The minimum Gasteiger partial charge on any atom is -0.509 e. The topological polar surface area (TPSA) is 60.1 Å². The Morgan fingerprint density at radius 1 is 1.15 bits per heavy atom. The Bertz CT molecular complexity index is 738. The third kappa shape index (κ3) is 5.69. The maximum atomic E-state index is 10.6. The van der Waals surface area contributed by atoms with Crippen LogP contribution in [-0.2, 0) is 0 Å². The minimum absolute atomic E-state index is 0.119. The number of rotatable bonds is 10. The summed E-state index contributed by atoms with van der Waals surface area (Å²) in [5.41, 5.74) is 2.13. The maximum Gasteiger partial charge on any atom is 0.138 e. The molecular weight excluding hydrogens is 342 g/mol. The molecule has 0 bridgehead atoms. The van der Waals surface area contributed by atoms with E-state index in [0.29, 0.717) is 11.6 Å². The van der Waals surface area contributed by atoms with Crippen LogP contribution >= 0.6 is 11.3 Å². The lowest BCUT2D eigenvalue weighted by molar-refractivity contribution is 0.244. The molecule has 0 atom stereocenters. The second-order valence-electron chi connectivity index (χ2n) is 6.32. The van der Waals surface area contributed by atoms with E-state index in [2.05, 4.69) is 29.8 Å². The Kier molecular flexibility index (Phi) is 8.33. The Morgan fingerprint density at radius 3 is 2.38 bits per heavy atom. The summed E-state index contributed by atoms with van der Waals surface area (Å²) in [6.07, 6.45) is 4.42. The molecule has 0 spiro atoms. The molecule has 26 heavy (non-hydrogen) atoms. The zero-order valence-electron chi connectivity index (χ0n) is 15.6. The fraction of sp³-hybridized carbons (Fsp3) is 0.429. The molecule has 1 heterocycles. The second kappa shape index (κ2) is 10.7. The van der Waals surface area contributed by atoms with Gasteiger partial charge in [0.1, 0.15) is 22.4 Å². The van der Waals surface area contributed by atoms with Gasteiger partial charge in [0, 0.05) is 10.9 Å². The normalized spacial score (nSPS) is 12.1. The number of unbranched alkanes of at least 4 members (excludes halogenated alkanes) is 2. The summed E-state index contributed by atoms with van der Waals surface area (Å²) in [6, 6.07) is 12.0. The number of nitrogens with zero attached hydrogens (tertiary/aromatic N) is 3. The first-order chi connectivity index (χ1) is 12.7. The van der Waals surface area contributed by atoms with Crippen molar-refractivity contribution in [3.8, 4) is 17.3 Å². The molecule has 5 heteroatoms. The van der Waals surface area contributed by atoms with Gasteiger partial charge in [0.05, 0.1) is 12.2 Å². The lowest BCUT2D eigenvalue weighted by Crippen LogP contribution is -2.28. The highest BCUT2D eigenvalue weighted by molar-refractivity contribution is 7.11. The Hall–Kier alpha value is -2.16. The highest BCUT2D eigenvalue weighted by atomic mass is 32.1. The van der Waals surface area contributed by atoms with Gasteiger partial charge in [-0.3, -0.25) is 4.90 Å². The molecule has 0 aliphatic rings. The number of allylic oxidation sites excluding steroid dienone is 1. The third-order valence-corrected chi connectivity index (χ3v) is 5.08. The van der Waals surface area contributed by atoms with E-state index in [-0.39, 0.29) is 11.3 Å². The van der Waals surface area contributed by atoms with E-state index in [1.807, 2.05) is 35.7 Å². The molecule has 1 N–H and O–H groups in total. The molecule has 4 nitrogen and oxygen atoms in total. The fourth-order valence-corrected chi connectivity index (χ4v) is 3.53. The van der Waals surface area contributed by atoms with Crippen molar-refractivity contribution in [1.29, 1.82) is 5.26 Å². The van der Waals surface area contributed by atoms with Gasteiger partial charge in [-0.15, -0.1) is 11.3 Å². The summed E-state index contributed by atoms with van der Waals surface area (Å²) in [7, 11) is 0. The lowest BCUT2D eigenvalue weighted by Gasteiger charge is -2.21. The summed E-state index contributed by atoms with van der Waals surface area (Å²) in [5.74, 6) is 0.119. The van der Waals surface area contributed by atoms with Gasteiger partial charge >= 0.3 is 0 Å². The molecule has 0 aliphatic carbocycles. The van der Waals surface area contributed by atoms with Crippen LogP contribution in [0.2, 0.25) is 0 Å². The van der Waals surface area contributed by atoms with Gasteiger partial charge in [0.15, 0.2) is 0 Å². The van der Waals surface area contributed by atoms with Gasteiger partial charge in [-0.05, 0) is 25.9 Å². The molecule has 2 rings (SSSR count). The van der Waals surface area contributed by atoms with Crippen molar-refractivity contribution >= 4 is 16.9 Å². The highest BCUT2D eigenvalue weighted by Crippen LogP contribution is 2.27. The van der Waals surface area contributed by atoms with Crippen molar-refractivity contribution in [3.63, 3.8) is 0 Å². The molecule has 0 fully saturated rings. The van der Waals surface area contributed by atoms with E-state index >= 15 is 0 Å². The number of thiazole rings is 1. The zero-order chi connectivity index (χ0) is 18.8. The molecule has 0 unspecified atom stereocenters. The monoisotopic (exact) mass is 369 g/mol. The van der Waals surface area contributed by atoms with Crippen LogP contribution in [0.5, 0.6) is 0 Å². The van der Waals surface area contributed by atoms with Crippen molar-refractivity contribution in [1.82, 2.24) is 9.88 Å². The smallest absolute Gasteiger partial charge is 0.138 e. The molecule has 138 valence electrons. The van der Waals surface area contributed by atoms with Crippen LogP contribution in [0.1, 0.15) is 44.5 Å². The molecule has 1 aromatic heterocycles. The minimum atomic E-state index is 0.119. The summed E-state index contributed by atoms with van der Waals surface area (Å²) < 4.78 is 0. The molecule has 1 aromatic carbocycles. The van der Waals surface area contributed by atoms with Gasteiger partial charge in [0.25, 0.3) is 0 Å². The van der Waals surface area contributed by atoms with Crippen LogP contribution in [0.3, 0.4) is 0 Å².